The average molecular weight is 205 g/mol. The molecule has 1 aromatic rings. The molecule has 15 heavy (non-hydrogen) atoms. The number of hydrogen-bond donors (Lipinski definition) is 2. The van der Waals surface area contributed by atoms with E-state index in [2.05, 4.69) is 11.9 Å². The van der Waals surface area contributed by atoms with Crippen LogP contribution in [0.3, 0.4) is 0 Å². The van der Waals surface area contributed by atoms with Gasteiger partial charge in [0.05, 0.1) is 5.60 Å². The number of aliphatic hydroxyl groups is 1. The molecule has 0 atom stereocenters. The molecule has 0 saturated heterocycles. The summed E-state index contributed by atoms with van der Waals surface area (Å²) < 4.78 is 0. The van der Waals surface area contributed by atoms with Crippen molar-refractivity contribution in [3.8, 4) is 0 Å². The molecule has 0 fully saturated rings. The van der Waals surface area contributed by atoms with Gasteiger partial charge in [-0.1, -0.05) is 36.9 Å². The zero-order valence-corrected chi connectivity index (χ0v) is 9.46. The maximum absolute atomic E-state index is 9.51. The Labute approximate surface area is 91.6 Å². The van der Waals surface area contributed by atoms with Gasteiger partial charge in [-0.2, -0.15) is 0 Å². The Kier molecular flexibility index (Phi) is 4.06. The SMILES string of the molecule is C=C(CNCC(C)(C)O)c1ccccc1. The lowest BCUT2D eigenvalue weighted by Crippen LogP contribution is -2.35. The van der Waals surface area contributed by atoms with E-state index in [-0.39, 0.29) is 0 Å². The second kappa shape index (κ2) is 5.10. The summed E-state index contributed by atoms with van der Waals surface area (Å²) in [6.07, 6.45) is 0. The molecule has 0 aliphatic heterocycles. The minimum Gasteiger partial charge on any atom is -0.389 e. The van der Waals surface area contributed by atoms with E-state index in [1.807, 2.05) is 30.3 Å². The summed E-state index contributed by atoms with van der Waals surface area (Å²) in [6.45, 7) is 8.84. The van der Waals surface area contributed by atoms with Crippen molar-refractivity contribution in [2.75, 3.05) is 13.1 Å². The van der Waals surface area contributed by atoms with E-state index in [9.17, 15) is 5.11 Å². The minimum atomic E-state index is -0.670. The molecular weight excluding hydrogens is 186 g/mol. The first-order chi connectivity index (χ1) is 6.99. The predicted molar refractivity (Wildman–Crippen MR) is 64.6 cm³/mol. The highest BCUT2D eigenvalue weighted by molar-refractivity contribution is 5.64. The van der Waals surface area contributed by atoms with Gasteiger partial charge in [0, 0.05) is 13.1 Å². The molecule has 0 spiro atoms. The van der Waals surface area contributed by atoms with E-state index in [0.29, 0.717) is 13.1 Å². The molecule has 0 heterocycles. The van der Waals surface area contributed by atoms with Gasteiger partial charge in [-0.05, 0) is 25.0 Å². The van der Waals surface area contributed by atoms with Gasteiger partial charge in [0.2, 0.25) is 0 Å². The second-order valence-electron chi connectivity index (χ2n) is 4.39. The highest BCUT2D eigenvalue weighted by Gasteiger charge is 2.11. The first-order valence-corrected chi connectivity index (χ1v) is 5.15. The molecule has 0 aromatic heterocycles. The van der Waals surface area contributed by atoms with Crippen molar-refractivity contribution < 1.29 is 5.11 Å². The van der Waals surface area contributed by atoms with Crippen molar-refractivity contribution in [3.05, 3.63) is 42.5 Å². The molecule has 0 unspecified atom stereocenters. The predicted octanol–water partition coefficient (Wildman–Crippen LogP) is 2.06. The molecule has 1 rings (SSSR count). The molecule has 0 radical (unpaired) electrons. The lowest BCUT2D eigenvalue weighted by Gasteiger charge is -2.18. The van der Waals surface area contributed by atoms with Gasteiger partial charge >= 0.3 is 0 Å². The van der Waals surface area contributed by atoms with Gasteiger partial charge in [-0.15, -0.1) is 0 Å². The standard InChI is InChI=1S/C13H19NO/c1-11(9-14-10-13(2,3)15)12-7-5-4-6-8-12/h4-8,14-15H,1,9-10H2,2-3H3. The van der Waals surface area contributed by atoms with Crippen molar-refractivity contribution >= 4 is 5.57 Å². The normalized spacial score (nSPS) is 11.4. The highest BCUT2D eigenvalue weighted by atomic mass is 16.3. The highest BCUT2D eigenvalue weighted by Crippen LogP contribution is 2.10. The smallest absolute Gasteiger partial charge is 0.0715 e. The Bertz CT molecular complexity index is 311. The molecule has 82 valence electrons. The Morgan fingerprint density at radius 3 is 2.47 bits per heavy atom. The van der Waals surface area contributed by atoms with E-state index in [4.69, 9.17) is 0 Å². The van der Waals surface area contributed by atoms with Crippen LogP contribution >= 0.6 is 0 Å². The van der Waals surface area contributed by atoms with E-state index in [1.54, 1.807) is 13.8 Å². The van der Waals surface area contributed by atoms with Crippen LogP contribution in [0.5, 0.6) is 0 Å². The van der Waals surface area contributed by atoms with Crippen LogP contribution in [0.25, 0.3) is 5.57 Å². The fourth-order valence-corrected chi connectivity index (χ4v) is 1.30. The molecule has 1 aromatic carbocycles. The molecule has 0 saturated carbocycles. The minimum absolute atomic E-state index is 0.568. The molecule has 2 heteroatoms. The molecule has 0 bridgehead atoms. The second-order valence-corrected chi connectivity index (χ2v) is 4.39. The van der Waals surface area contributed by atoms with E-state index in [1.165, 1.54) is 0 Å². The van der Waals surface area contributed by atoms with Crippen LogP contribution in [0.1, 0.15) is 19.4 Å². The zero-order chi connectivity index (χ0) is 11.3. The van der Waals surface area contributed by atoms with Gasteiger partial charge in [0.25, 0.3) is 0 Å². The Morgan fingerprint density at radius 1 is 1.33 bits per heavy atom. The number of benzene rings is 1. The summed E-state index contributed by atoms with van der Waals surface area (Å²) in [5.74, 6) is 0. The largest absolute Gasteiger partial charge is 0.389 e. The topological polar surface area (TPSA) is 32.3 Å². The van der Waals surface area contributed by atoms with Gasteiger partial charge < -0.3 is 10.4 Å². The quantitative estimate of drug-likeness (QED) is 0.771. The average Bonchev–Trinajstić information content (AvgIpc) is 2.17. The van der Waals surface area contributed by atoms with Crippen molar-refractivity contribution in [1.29, 1.82) is 0 Å². The van der Waals surface area contributed by atoms with Crippen molar-refractivity contribution in [2.45, 2.75) is 19.4 Å². The third kappa shape index (κ3) is 4.77. The Hall–Kier alpha value is -1.12. The lowest BCUT2D eigenvalue weighted by atomic mass is 10.1. The Balaban J connectivity index is 2.38. The van der Waals surface area contributed by atoms with E-state index >= 15 is 0 Å². The van der Waals surface area contributed by atoms with Crippen LogP contribution in [0, 0.1) is 0 Å². The third-order valence-corrected chi connectivity index (χ3v) is 2.08. The van der Waals surface area contributed by atoms with Crippen LogP contribution in [0.4, 0.5) is 0 Å². The maximum atomic E-state index is 9.51. The number of rotatable bonds is 5. The number of nitrogens with one attached hydrogen (secondary N) is 1. The summed E-state index contributed by atoms with van der Waals surface area (Å²) in [4.78, 5) is 0. The first kappa shape index (κ1) is 12.0. The molecule has 0 aliphatic carbocycles. The summed E-state index contributed by atoms with van der Waals surface area (Å²) in [5, 5.41) is 12.7. The monoisotopic (exact) mass is 205 g/mol. The van der Waals surface area contributed by atoms with Gasteiger partial charge in [-0.3, -0.25) is 0 Å². The summed E-state index contributed by atoms with van der Waals surface area (Å²) in [6, 6.07) is 10.1. The lowest BCUT2D eigenvalue weighted by molar-refractivity contribution is 0.0811. The van der Waals surface area contributed by atoms with Gasteiger partial charge in [-0.25, -0.2) is 0 Å². The van der Waals surface area contributed by atoms with E-state index in [0.717, 1.165) is 11.1 Å². The zero-order valence-electron chi connectivity index (χ0n) is 9.46. The fourth-order valence-electron chi connectivity index (χ4n) is 1.30. The fraction of sp³-hybridized carbons (Fsp3) is 0.385. The van der Waals surface area contributed by atoms with Crippen LogP contribution in [-0.2, 0) is 0 Å². The van der Waals surface area contributed by atoms with Crippen LogP contribution in [0.15, 0.2) is 36.9 Å². The summed E-state index contributed by atoms with van der Waals surface area (Å²) in [7, 11) is 0. The third-order valence-electron chi connectivity index (χ3n) is 2.08. The molecule has 2 nitrogen and oxygen atoms in total. The van der Waals surface area contributed by atoms with Crippen LogP contribution in [0.2, 0.25) is 0 Å². The summed E-state index contributed by atoms with van der Waals surface area (Å²) in [5.41, 5.74) is 1.51. The molecule has 2 N–H and O–H groups in total. The van der Waals surface area contributed by atoms with Crippen LogP contribution in [-0.4, -0.2) is 23.8 Å². The van der Waals surface area contributed by atoms with Crippen molar-refractivity contribution in [1.82, 2.24) is 5.32 Å². The van der Waals surface area contributed by atoms with Crippen LogP contribution < -0.4 is 5.32 Å². The van der Waals surface area contributed by atoms with Gasteiger partial charge in [0.1, 0.15) is 0 Å². The molecule has 0 amide bonds. The summed E-state index contributed by atoms with van der Waals surface area (Å²) >= 11 is 0. The van der Waals surface area contributed by atoms with Crippen molar-refractivity contribution in [3.63, 3.8) is 0 Å². The molecular formula is C13H19NO. The maximum Gasteiger partial charge on any atom is 0.0715 e. The van der Waals surface area contributed by atoms with Gasteiger partial charge in [0.15, 0.2) is 0 Å². The first-order valence-electron chi connectivity index (χ1n) is 5.15. The Morgan fingerprint density at radius 2 is 1.93 bits per heavy atom. The molecule has 0 aliphatic rings. The van der Waals surface area contributed by atoms with E-state index < -0.39 is 5.60 Å². The number of hydrogen-bond acceptors (Lipinski definition) is 2. The van der Waals surface area contributed by atoms with Crippen molar-refractivity contribution in [2.24, 2.45) is 0 Å².